The molecule has 1 aromatic rings. The van der Waals surface area contributed by atoms with E-state index in [-0.39, 0.29) is 11.8 Å². The molecule has 0 saturated carbocycles. The number of carboxylic acid groups (broad SMARTS) is 1. The summed E-state index contributed by atoms with van der Waals surface area (Å²) in [6.07, 6.45) is 1.04. The van der Waals surface area contributed by atoms with E-state index in [2.05, 4.69) is 5.32 Å². The maximum Gasteiger partial charge on any atom is 0.326 e. The molecular weight excluding hydrogens is 230 g/mol. The van der Waals surface area contributed by atoms with Crippen LogP contribution in [0.1, 0.15) is 25.8 Å². The number of carboxylic acids is 1. The molecule has 1 rings (SSSR count). The Morgan fingerprint density at radius 1 is 1.22 bits per heavy atom. The quantitative estimate of drug-likeness (QED) is 0.808. The minimum atomic E-state index is -0.986. The number of aliphatic carboxylic acids is 1. The van der Waals surface area contributed by atoms with Crippen LogP contribution in [0.15, 0.2) is 30.3 Å². The average Bonchev–Trinajstić information content (AvgIpc) is 2.34. The van der Waals surface area contributed by atoms with E-state index in [0.29, 0.717) is 12.8 Å². The Morgan fingerprint density at radius 2 is 1.83 bits per heavy atom. The van der Waals surface area contributed by atoms with Gasteiger partial charge in [0.05, 0.1) is 0 Å². The number of carbonyl (C=O) groups excluding carboxylic acids is 1. The highest BCUT2D eigenvalue weighted by Crippen LogP contribution is 2.06. The van der Waals surface area contributed by atoms with Gasteiger partial charge in [-0.15, -0.1) is 0 Å². The summed E-state index contributed by atoms with van der Waals surface area (Å²) in [7, 11) is 0. The molecule has 4 heteroatoms. The van der Waals surface area contributed by atoms with Gasteiger partial charge in [0.15, 0.2) is 0 Å². The monoisotopic (exact) mass is 249 g/mol. The third-order valence-electron chi connectivity index (χ3n) is 2.70. The maximum atomic E-state index is 11.5. The first-order chi connectivity index (χ1) is 8.50. The minimum Gasteiger partial charge on any atom is -0.480 e. The van der Waals surface area contributed by atoms with Crippen molar-refractivity contribution in [2.75, 3.05) is 0 Å². The highest BCUT2D eigenvalue weighted by atomic mass is 16.4. The Hall–Kier alpha value is -1.84. The second kappa shape index (κ2) is 6.79. The molecule has 0 fully saturated rings. The average molecular weight is 249 g/mol. The van der Waals surface area contributed by atoms with Gasteiger partial charge in [0.25, 0.3) is 0 Å². The first-order valence-electron chi connectivity index (χ1n) is 6.08. The first-order valence-corrected chi connectivity index (χ1v) is 6.08. The van der Waals surface area contributed by atoms with E-state index in [1.807, 2.05) is 30.3 Å². The van der Waals surface area contributed by atoms with Crippen molar-refractivity contribution in [3.63, 3.8) is 0 Å². The fourth-order valence-electron chi connectivity index (χ4n) is 1.55. The molecule has 18 heavy (non-hydrogen) atoms. The molecule has 1 atom stereocenters. The van der Waals surface area contributed by atoms with Gasteiger partial charge in [-0.2, -0.15) is 0 Å². The summed E-state index contributed by atoms with van der Waals surface area (Å²) >= 11 is 0. The number of rotatable bonds is 6. The molecule has 4 nitrogen and oxygen atoms in total. The van der Waals surface area contributed by atoms with Crippen LogP contribution in [0.3, 0.4) is 0 Å². The fraction of sp³-hybridized carbons (Fsp3) is 0.429. The van der Waals surface area contributed by atoms with E-state index in [4.69, 9.17) is 5.11 Å². The van der Waals surface area contributed by atoms with E-state index < -0.39 is 12.0 Å². The highest BCUT2D eigenvalue weighted by Gasteiger charge is 2.20. The zero-order chi connectivity index (χ0) is 13.5. The molecule has 0 aliphatic carbocycles. The lowest BCUT2D eigenvalue weighted by molar-refractivity contribution is -0.142. The summed E-state index contributed by atoms with van der Waals surface area (Å²) in [5, 5.41) is 11.6. The van der Waals surface area contributed by atoms with Crippen LogP contribution in [0.2, 0.25) is 0 Å². The first kappa shape index (κ1) is 14.2. The second-order valence-corrected chi connectivity index (χ2v) is 4.58. The Balaban J connectivity index is 2.54. The van der Waals surface area contributed by atoms with Crippen molar-refractivity contribution in [1.29, 1.82) is 0 Å². The maximum absolute atomic E-state index is 11.5. The van der Waals surface area contributed by atoms with Crippen LogP contribution < -0.4 is 5.32 Å². The van der Waals surface area contributed by atoms with E-state index in [0.717, 1.165) is 5.56 Å². The molecule has 0 heterocycles. The summed E-state index contributed by atoms with van der Waals surface area (Å²) in [5.41, 5.74) is 1.07. The van der Waals surface area contributed by atoms with Crippen molar-refractivity contribution in [3.8, 4) is 0 Å². The molecule has 0 aromatic heterocycles. The van der Waals surface area contributed by atoms with Crippen LogP contribution in [-0.4, -0.2) is 23.0 Å². The van der Waals surface area contributed by atoms with Crippen molar-refractivity contribution in [1.82, 2.24) is 5.32 Å². The standard InChI is InChI=1S/C14H19NO3/c1-10(2)13(16)15-12(14(17)18)9-8-11-6-4-3-5-7-11/h3-7,10,12H,8-9H2,1-2H3,(H,15,16)(H,17,18)/t12-/m1/s1. The second-order valence-electron chi connectivity index (χ2n) is 4.58. The number of aryl methyl sites for hydroxylation is 1. The smallest absolute Gasteiger partial charge is 0.326 e. The van der Waals surface area contributed by atoms with Gasteiger partial charge >= 0.3 is 5.97 Å². The van der Waals surface area contributed by atoms with Crippen molar-refractivity contribution < 1.29 is 14.7 Å². The molecule has 98 valence electrons. The number of amides is 1. The van der Waals surface area contributed by atoms with Gasteiger partial charge in [-0.3, -0.25) is 4.79 Å². The van der Waals surface area contributed by atoms with Crippen LogP contribution in [0.4, 0.5) is 0 Å². The minimum absolute atomic E-state index is 0.205. The molecule has 0 aliphatic heterocycles. The van der Waals surface area contributed by atoms with Gasteiger partial charge in [-0.05, 0) is 18.4 Å². The summed E-state index contributed by atoms with van der Waals surface area (Å²) < 4.78 is 0. The SMILES string of the molecule is CC(C)C(=O)N[C@H](CCc1ccccc1)C(=O)O. The number of nitrogens with one attached hydrogen (secondary N) is 1. The van der Waals surface area contributed by atoms with E-state index in [1.54, 1.807) is 13.8 Å². The number of benzene rings is 1. The van der Waals surface area contributed by atoms with Gasteiger partial charge in [0.1, 0.15) is 6.04 Å². The Bertz CT molecular complexity index is 401. The summed E-state index contributed by atoms with van der Waals surface area (Å²) in [6, 6.07) is 8.82. The molecule has 0 aliphatic rings. The number of hydrogen-bond acceptors (Lipinski definition) is 2. The Kier molecular flexibility index (Phi) is 5.36. The van der Waals surface area contributed by atoms with Gasteiger partial charge in [0, 0.05) is 5.92 Å². The molecule has 0 spiro atoms. The third-order valence-corrected chi connectivity index (χ3v) is 2.70. The largest absolute Gasteiger partial charge is 0.480 e. The van der Waals surface area contributed by atoms with E-state index in [1.165, 1.54) is 0 Å². The van der Waals surface area contributed by atoms with Gasteiger partial charge in [-0.25, -0.2) is 4.79 Å². The molecule has 0 saturated heterocycles. The zero-order valence-corrected chi connectivity index (χ0v) is 10.7. The summed E-state index contributed by atoms with van der Waals surface area (Å²) in [4.78, 5) is 22.6. The van der Waals surface area contributed by atoms with Crippen LogP contribution in [0, 0.1) is 5.92 Å². The highest BCUT2D eigenvalue weighted by molar-refractivity contribution is 5.84. The zero-order valence-electron chi connectivity index (χ0n) is 10.7. The van der Waals surface area contributed by atoms with Gasteiger partial charge in [0.2, 0.25) is 5.91 Å². The Labute approximate surface area is 107 Å². The predicted molar refractivity (Wildman–Crippen MR) is 69.2 cm³/mol. The van der Waals surface area contributed by atoms with Crippen molar-refractivity contribution >= 4 is 11.9 Å². The fourth-order valence-corrected chi connectivity index (χ4v) is 1.55. The number of carbonyl (C=O) groups is 2. The van der Waals surface area contributed by atoms with Crippen LogP contribution in [0.5, 0.6) is 0 Å². The topological polar surface area (TPSA) is 66.4 Å². The molecule has 0 radical (unpaired) electrons. The van der Waals surface area contributed by atoms with Crippen LogP contribution in [-0.2, 0) is 16.0 Å². The van der Waals surface area contributed by atoms with Crippen molar-refractivity contribution in [2.45, 2.75) is 32.7 Å². The van der Waals surface area contributed by atoms with Gasteiger partial charge < -0.3 is 10.4 Å². The normalized spacial score (nSPS) is 12.2. The molecule has 0 bridgehead atoms. The lowest BCUT2D eigenvalue weighted by Crippen LogP contribution is -2.42. The van der Waals surface area contributed by atoms with E-state index >= 15 is 0 Å². The molecular formula is C14H19NO3. The lowest BCUT2D eigenvalue weighted by Gasteiger charge is -2.16. The molecule has 1 amide bonds. The molecule has 0 unspecified atom stereocenters. The third kappa shape index (κ3) is 4.57. The Morgan fingerprint density at radius 3 is 2.33 bits per heavy atom. The van der Waals surface area contributed by atoms with Crippen LogP contribution in [0.25, 0.3) is 0 Å². The van der Waals surface area contributed by atoms with Crippen molar-refractivity contribution in [2.24, 2.45) is 5.92 Å². The number of hydrogen-bond donors (Lipinski definition) is 2. The van der Waals surface area contributed by atoms with Crippen molar-refractivity contribution in [3.05, 3.63) is 35.9 Å². The van der Waals surface area contributed by atoms with Gasteiger partial charge in [-0.1, -0.05) is 44.2 Å². The van der Waals surface area contributed by atoms with E-state index in [9.17, 15) is 9.59 Å². The predicted octanol–water partition coefficient (Wildman–Crippen LogP) is 1.84. The summed E-state index contributed by atoms with van der Waals surface area (Å²) in [6.45, 7) is 3.48. The van der Waals surface area contributed by atoms with Crippen LogP contribution >= 0.6 is 0 Å². The lowest BCUT2D eigenvalue weighted by atomic mass is 10.0. The molecule has 2 N–H and O–H groups in total. The molecule has 1 aromatic carbocycles. The summed E-state index contributed by atoms with van der Waals surface area (Å²) in [5.74, 6) is -1.42.